The van der Waals surface area contributed by atoms with Crippen molar-refractivity contribution in [1.29, 1.82) is 0 Å². The Morgan fingerprint density at radius 3 is 2.52 bits per heavy atom. The maximum absolute atomic E-state index is 12.4. The van der Waals surface area contributed by atoms with Crippen molar-refractivity contribution < 1.29 is 4.79 Å². The lowest BCUT2D eigenvalue weighted by Gasteiger charge is -2.07. The van der Waals surface area contributed by atoms with Crippen molar-refractivity contribution in [2.45, 2.75) is 13.8 Å². The molecule has 106 valence electrons. The molecule has 3 aromatic rings. The van der Waals surface area contributed by atoms with Crippen molar-refractivity contribution in [3.63, 3.8) is 0 Å². The Labute approximate surface area is 123 Å². The molecule has 1 aromatic heterocycles. The Morgan fingerprint density at radius 2 is 1.81 bits per heavy atom. The van der Waals surface area contributed by atoms with Crippen molar-refractivity contribution in [1.82, 2.24) is 4.98 Å². The minimum Gasteiger partial charge on any atom is -0.399 e. The van der Waals surface area contributed by atoms with E-state index in [2.05, 4.69) is 16.4 Å². The minimum atomic E-state index is -0.129. The topological polar surface area (TPSA) is 70.9 Å². The highest BCUT2D eigenvalue weighted by Crippen LogP contribution is 2.22. The SMILES string of the molecule is Cc1cc(C)cc(NC(=O)c2c[nH]c3cc(N)ccc23)c1. The number of nitrogens with one attached hydrogen (secondary N) is 2. The molecule has 0 aliphatic heterocycles. The number of nitrogen functional groups attached to an aromatic ring is 1. The number of nitrogens with two attached hydrogens (primary N) is 1. The third-order valence-electron chi connectivity index (χ3n) is 3.43. The lowest BCUT2D eigenvalue weighted by molar-refractivity contribution is 0.102. The monoisotopic (exact) mass is 279 g/mol. The van der Waals surface area contributed by atoms with Crippen molar-refractivity contribution in [3.8, 4) is 0 Å². The third kappa shape index (κ3) is 2.60. The Kier molecular flexibility index (Phi) is 3.14. The van der Waals surface area contributed by atoms with Gasteiger partial charge in [-0.15, -0.1) is 0 Å². The number of carbonyl (C=O) groups is 1. The zero-order valence-corrected chi connectivity index (χ0v) is 12.0. The van der Waals surface area contributed by atoms with E-state index in [1.165, 1.54) is 0 Å². The first-order chi connectivity index (χ1) is 10.0. The second-order valence-corrected chi connectivity index (χ2v) is 5.34. The first kappa shape index (κ1) is 13.2. The molecule has 0 spiro atoms. The maximum atomic E-state index is 12.4. The van der Waals surface area contributed by atoms with Crippen LogP contribution in [0.2, 0.25) is 0 Å². The van der Waals surface area contributed by atoms with Crippen LogP contribution in [-0.4, -0.2) is 10.9 Å². The van der Waals surface area contributed by atoms with Gasteiger partial charge in [0.05, 0.1) is 5.56 Å². The van der Waals surface area contributed by atoms with Gasteiger partial charge in [-0.3, -0.25) is 4.79 Å². The predicted molar refractivity (Wildman–Crippen MR) is 86.6 cm³/mol. The van der Waals surface area contributed by atoms with Gasteiger partial charge in [-0.25, -0.2) is 0 Å². The summed E-state index contributed by atoms with van der Waals surface area (Å²) >= 11 is 0. The third-order valence-corrected chi connectivity index (χ3v) is 3.43. The van der Waals surface area contributed by atoms with Crippen LogP contribution in [0.15, 0.2) is 42.6 Å². The number of anilines is 2. The molecule has 4 nitrogen and oxygen atoms in total. The molecular formula is C17H17N3O. The van der Waals surface area contributed by atoms with Crippen LogP contribution in [0, 0.1) is 13.8 Å². The summed E-state index contributed by atoms with van der Waals surface area (Å²) in [7, 11) is 0. The molecule has 3 rings (SSSR count). The highest BCUT2D eigenvalue weighted by molar-refractivity contribution is 6.13. The number of aryl methyl sites for hydroxylation is 2. The molecule has 0 radical (unpaired) electrons. The molecule has 0 bridgehead atoms. The summed E-state index contributed by atoms with van der Waals surface area (Å²) in [4.78, 5) is 15.5. The number of aromatic amines is 1. The highest BCUT2D eigenvalue weighted by Gasteiger charge is 2.12. The van der Waals surface area contributed by atoms with Crippen LogP contribution in [0.25, 0.3) is 10.9 Å². The van der Waals surface area contributed by atoms with Gasteiger partial charge in [0.25, 0.3) is 5.91 Å². The largest absolute Gasteiger partial charge is 0.399 e. The summed E-state index contributed by atoms with van der Waals surface area (Å²) in [6.45, 7) is 4.02. The summed E-state index contributed by atoms with van der Waals surface area (Å²) in [5, 5.41) is 3.81. The number of carbonyl (C=O) groups excluding carboxylic acids is 1. The molecule has 0 atom stereocenters. The number of benzene rings is 2. The van der Waals surface area contributed by atoms with E-state index >= 15 is 0 Å². The van der Waals surface area contributed by atoms with Crippen molar-refractivity contribution in [2.24, 2.45) is 0 Å². The number of hydrogen-bond donors (Lipinski definition) is 3. The van der Waals surface area contributed by atoms with E-state index in [9.17, 15) is 4.79 Å². The fourth-order valence-corrected chi connectivity index (χ4v) is 2.58. The van der Waals surface area contributed by atoms with Gasteiger partial charge in [0, 0.05) is 28.5 Å². The zero-order chi connectivity index (χ0) is 15.0. The molecule has 4 heteroatoms. The Hall–Kier alpha value is -2.75. The Bertz CT molecular complexity index is 813. The van der Waals surface area contributed by atoms with Crippen LogP contribution < -0.4 is 11.1 Å². The molecule has 0 saturated carbocycles. The highest BCUT2D eigenvalue weighted by atomic mass is 16.1. The maximum Gasteiger partial charge on any atom is 0.257 e. The van der Waals surface area contributed by atoms with Gasteiger partial charge >= 0.3 is 0 Å². The molecule has 1 amide bonds. The zero-order valence-electron chi connectivity index (χ0n) is 12.0. The normalized spacial score (nSPS) is 10.8. The summed E-state index contributed by atoms with van der Waals surface area (Å²) in [6.07, 6.45) is 1.71. The molecule has 21 heavy (non-hydrogen) atoms. The van der Waals surface area contributed by atoms with Gasteiger partial charge < -0.3 is 16.0 Å². The van der Waals surface area contributed by atoms with E-state index in [0.717, 1.165) is 27.7 Å². The molecule has 0 fully saturated rings. The number of amides is 1. The average molecular weight is 279 g/mol. The smallest absolute Gasteiger partial charge is 0.257 e. The van der Waals surface area contributed by atoms with E-state index in [4.69, 9.17) is 5.73 Å². The summed E-state index contributed by atoms with van der Waals surface area (Å²) in [6, 6.07) is 11.5. The van der Waals surface area contributed by atoms with Crippen LogP contribution in [0.3, 0.4) is 0 Å². The number of aromatic nitrogens is 1. The molecule has 0 aliphatic rings. The molecule has 0 unspecified atom stereocenters. The minimum absolute atomic E-state index is 0.129. The first-order valence-corrected chi connectivity index (χ1v) is 6.79. The predicted octanol–water partition coefficient (Wildman–Crippen LogP) is 3.62. The van der Waals surface area contributed by atoms with Gasteiger partial charge in [0.1, 0.15) is 0 Å². The van der Waals surface area contributed by atoms with E-state index in [0.29, 0.717) is 11.3 Å². The van der Waals surface area contributed by atoms with Gasteiger partial charge in [-0.1, -0.05) is 6.07 Å². The first-order valence-electron chi connectivity index (χ1n) is 6.79. The van der Waals surface area contributed by atoms with Crippen LogP contribution in [-0.2, 0) is 0 Å². The standard InChI is InChI=1S/C17H17N3O/c1-10-5-11(2)7-13(6-10)20-17(21)15-9-19-16-8-12(18)3-4-14(15)16/h3-9,19H,18H2,1-2H3,(H,20,21). The summed E-state index contributed by atoms with van der Waals surface area (Å²) < 4.78 is 0. The summed E-state index contributed by atoms with van der Waals surface area (Å²) in [5.41, 5.74) is 10.9. The Balaban J connectivity index is 1.93. The van der Waals surface area contributed by atoms with Gasteiger partial charge in [-0.05, 0) is 55.3 Å². The lowest BCUT2D eigenvalue weighted by Crippen LogP contribution is -2.11. The number of hydrogen-bond acceptors (Lipinski definition) is 2. The molecular weight excluding hydrogens is 262 g/mol. The number of rotatable bonds is 2. The van der Waals surface area contributed by atoms with Crippen LogP contribution >= 0.6 is 0 Å². The van der Waals surface area contributed by atoms with Crippen molar-refractivity contribution >= 4 is 28.2 Å². The van der Waals surface area contributed by atoms with E-state index in [-0.39, 0.29) is 5.91 Å². The van der Waals surface area contributed by atoms with Crippen molar-refractivity contribution in [2.75, 3.05) is 11.1 Å². The lowest BCUT2D eigenvalue weighted by atomic mass is 10.1. The van der Waals surface area contributed by atoms with Crippen LogP contribution in [0.1, 0.15) is 21.5 Å². The summed E-state index contributed by atoms with van der Waals surface area (Å²) in [5.74, 6) is -0.129. The average Bonchev–Trinajstić information content (AvgIpc) is 2.80. The number of fused-ring (bicyclic) bond motifs is 1. The van der Waals surface area contributed by atoms with E-state index in [1.807, 2.05) is 38.1 Å². The quantitative estimate of drug-likeness (QED) is 0.627. The van der Waals surface area contributed by atoms with E-state index in [1.54, 1.807) is 12.3 Å². The van der Waals surface area contributed by atoms with Gasteiger partial charge in [0.2, 0.25) is 0 Å². The molecule has 2 aromatic carbocycles. The number of H-pyrrole nitrogens is 1. The van der Waals surface area contributed by atoms with Crippen molar-refractivity contribution in [3.05, 3.63) is 59.3 Å². The van der Waals surface area contributed by atoms with E-state index < -0.39 is 0 Å². The van der Waals surface area contributed by atoms with Gasteiger partial charge in [-0.2, -0.15) is 0 Å². The molecule has 0 aliphatic carbocycles. The van der Waals surface area contributed by atoms with Crippen LogP contribution in [0.5, 0.6) is 0 Å². The second kappa shape index (κ2) is 4.98. The molecule has 1 heterocycles. The fourth-order valence-electron chi connectivity index (χ4n) is 2.58. The molecule has 0 saturated heterocycles. The van der Waals surface area contributed by atoms with Gasteiger partial charge in [0.15, 0.2) is 0 Å². The Morgan fingerprint density at radius 1 is 1.10 bits per heavy atom. The van der Waals surface area contributed by atoms with Crippen LogP contribution in [0.4, 0.5) is 11.4 Å². The fraction of sp³-hybridized carbons (Fsp3) is 0.118. The molecule has 4 N–H and O–H groups in total. The second-order valence-electron chi connectivity index (χ2n) is 5.34.